The van der Waals surface area contributed by atoms with Crippen LogP contribution >= 0.6 is 11.6 Å². The van der Waals surface area contributed by atoms with Gasteiger partial charge in [0.15, 0.2) is 29.0 Å². The number of rotatable bonds is 7. The maximum absolute atomic E-state index is 11.7. The van der Waals surface area contributed by atoms with Crippen molar-refractivity contribution in [1.82, 2.24) is 19.5 Å². The highest BCUT2D eigenvalue weighted by molar-refractivity contribution is 7.86. The molecule has 1 saturated heterocycles. The van der Waals surface area contributed by atoms with Gasteiger partial charge in [-0.25, -0.2) is 4.98 Å². The molecule has 214 valence electrons. The van der Waals surface area contributed by atoms with E-state index in [9.17, 15) is 23.4 Å². The fraction of sp³-hybridized carbons (Fsp3) is 0.750. The van der Waals surface area contributed by atoms with Crippen LogP contribution in [0.4, 0.5) is 5.82 Å². The lowest BCUT2D eigenvalue weighted by Gasteiger charge is -2.65. The molecule has 15 heteroatoms. The molecular weight excluding hydrogens is 554 g/mol. The van der Waals surface area contributed by atoms with E-state index in [1.807, 2.05) is 0 Å². The quantitative estimate of drug-likeness (QED) is 0.209. The van der Waals surface area contributed by atoms with Gasteiger partial charge in [-0.3, -0.25) is 13.9 Å². The van der Waals surface area contributed by atoms with Crippen molar-refractivity contribution in [2.24, 2.45) is 16.7 Å². The number of ether oxygens (including phenoxy) is 2. The van der Waals surface area contributed by atoms with Crippen molar-refractivity contribution in [3.05, 3.63) is 11.6 Å². The number of halogens is 1. The minimum atomic E-state index is -4.57. The van der Waals surface area contributed by atoms with Gasteiger partial charge in [-0.05, 0) is 66.9 Å². The molecule has 13 nitrogen and oxygen atoms in total. The van der Waals surface area contributed by atoms with Gasteiger partial charge in [0.1, 0.15) is 24.9 Å². The molecule has 0 radical (unpaired) electrons. The number of nitrogens with one attached hydrogen (secondary N) is 1. The highest BCUT2D eigenvalue weighted by Crippen LogP contribution is 2.66. The van der Waals surface area contributed by atoms with Crippen LogP contribution in [0.5, 0.6) is 0 Å². The zero-order chi connectivity index (χ0) is 28.0. The second kappa shape index (κ2) is 8.95. The summed E-state index contributed by atoms with van der Waals surface area (Å²) in [6, 6.07) is 0. The second-order valence-electron chi connectivity index (χ2n) is 12.7. The monoisotopic (exact) mass is 585 g/mol. The Kier molecular flexibility index (Phi) is 6.22. The Balaban J connectivity index is 1.25. The first-order valence-electron chi connectivity index (χ1n) is 13.0. The first-order valence-corrected chi connectivity index (χ1v) is 15.0. The maximum Gasteiger partial charge on any atom is 0.323 e. The number of aliphatic hydroxyl groups excluding tert-OH is 2. The fourth-order valence-corrected chi connectivity index (χ4v) is 9.01. The lowest BCUT2D eigenvalue weighted by molar-refractivity contribution is -0.147. The third kappa shape index (κ3) is 4.99. The third-order valence-corrected chi connectivity index (χ3v) is 9.49. The van der Waals surface area contributed by atoms with Crippen LogP contribution in [0.25, 0.3) is 11.2 Å². The zero-order valence-corrected chi connectivity index (χ0v) is 23.2. The standard InChI is InChI=1S/C24H32ClN5O8S/c1-22-3-12-4-23(2,8-22)10-24(5-12,9-22)29-18-15-19(28-21(25)27-18)30(11-26-15)20-17(33)16(32)13(38-20)6-37-14(31)7-39(34,35)36/h11-13,16-17,20,32-33H,3-10H2,1-2H3,(H,27,28,29)(H,34,35,36)/t12?,13-,16+,17+,20-,22-,23+,24?/m1/s1. The van der Waals surface area contributed by atoms with Crippen LogP contribution in [-0.4, -0.2) is 84.9 Å². The van der Waals surface area contributed by atoms with Gasteiger partial charge in [0.2, 0.25) is 5.28 Å². The van der Waals surface area contributed by atoms with E-state index in [0.717, 1.165) is 19.3 Å². The Hall–Kier alpha value is -2.10. The van der Waals surface area contributed by atoms with Gasteiger partial charge in [-0.1, -0.05) is 13.8 Å². The molecule has 1 aliphatic heterocycles. The molecule has 5 aliphatic rings. The van der Waals surface area contributed by atoms with Gasteiger partial charge < -0.3 is 25.0 Å². The van der Waals surface area contributed by atoms with Gasteiger partial charge in [0, 0.05) is 5.54 Å². The van der Waals surface area contributed by atoms with E-state index in [2.05, 4.69) is 34.1 Å². The highest BCUT2D eigenvalue weighted by Gasteiger charge is 2.60. The highest BCUT2D eigenvalue weighted by atomic mass is 35.5. The van der Waals surface area contributed by atoms with E-state index < -0.39 is 53.0 Å². The van der Waals surface area contributed by atoms with Crippen molar-refractivity contribution in [2.45, 2.75) is 82.5 Å². The second-order valence-corrected chi connectivity index (χ2v) is 14.4. The van der Waals surface area contributed by atoms with Crippen LogP contribution < -0.4 is 5.32 Å². The summed E-state index contributed by atoms with van der Waals surface area (Å²) in [4.78, 5) is 25.0. The summed E-state index contributed by atoms with van der Waals surface area (Å²) < 4.78 is 42.5. The smallest absolute Gasteiger partial charge is 0.323 e. The molecular formula is C24H32ClN5O8S. The Morgan fingerprint density at radius 1 is 1.18 bits per heavy atom. The Morgan fingerprint density at radius 3 is 2.51 bits per heavy atom. The van der Waals surface area contributed by atoms with Crippen LogP contribution in [0.1, 0.15) is 58.6 Å². The number of hydrogen-bond donors (Lipinski definition) is 4. The normalized spacial score (nSPS) is 39.4. The lowest BCUT2D eigenvalue weighted by atomic mass is 9.43. The number of aromatic nitrogens is 4. The molecule has 3 heterocycles. The average molecular weight is 586 g/mol. The summed E-state index contributed by atoms with van der Waals surface area (Å²) in [6.45, 7) is 4.22. The van der Waals surface area contributed by atoms with Gasteiger partial charge in [0.25, 0.3) is 10.1 Å². The minimum Gasteiger partial charge on any atom is -0.462 e. The Bertz CT molecular complexity index is 1420. The summed E-state index contributed by atoms with van der Waals surface area (Å²) >= 11 is 6.35. The van der Waals surface area contributed by atoms with E-state index in [1.54, 1.807) is 0 Å². The number of carbonyl (C=O) groups excluding carboxylic acids is 1. The van der Waals surface area contributed by atoms with Crippen LogP contribution in [-0.2, 0) is 24.4 Å². The molecule has 5 fully saturated rings. The van der Waals surface area contributed by atoms with Crippen LogP contribution in [0.2, 0.25) is 5.28 Å². The topological polar surface area (TPSA) is 186 Å². The maximum atomic E-state index is 11.7. The van der Waals surface area contributed by atoms with E-state index >= 15 is 0 Å². The number of carbonyl (C=O) groups is 1. The Labute approximate surface area is 230 Å². The van der Waals surface area contributed by atoms with Crippen LogP contribution in [0.3, 0.4) is 0 Å². The largest absolute Gasteiger partial charge is 0.462 e. The molecule has 0 spiro atoms. The molecule has 2 aromatic heterocycles. The third-order valence-electron chi connectivity index (χ3n) is 8.72. The predicted molar refractivity (Wildman–Crippen MR) is 137 cm³/mol. The average Bonchev–Trinajstić information content (AvgIpc) is 3.29. The minimum absolute atomic E-state index is 0.0161. The van der Waals surface area contributed by atoms with E-state index in [1.165, 1.54) is 30.2 Å². The fourth-order valence-electron chi connectivity index (χ4n) is 8.46. The summed E-state index contributed by atoms with van der Waals surface area (Å²) in [5.74, 6) is -1.30. The number of esters is 1. The number of nitrogens with zero attached hydrogens (tertiary/aromatic N) is 4. The number of imidazole rings is 1. The predicted octanol–water partition coefficient (Wildman–Crippen LogP) is 1.69. The van der Waals surface area contributed by atoms with E-state index in [0.29, 0.717) is 22.9 Å². The van der Waals surface area contributed by atoms with Gasteiger partial charge >= 0.3 is 5.97 Å². The number of anilines is 1. The molecule has 39 heavy (non-hydrogen) atoms. The molecule has 7 rings (SSSR count). The molecule has 0 amide bonds. The zero-order valence-electron chi connectivity index (χ0n) is 21.6. The summed E-state index contributed by atoms with van der Waals surface area (Å²) in [5.41, 5.74) is 1.15. The summed E-state index contributed by atoms with van der Waals surface area (Å²) in [5, 5.41) is 24.9. The Morgan fingerprint density at radius 2 is 1.87 bits per heavy atom. The molecule has 4 aliphatic carbocycles. The van der Waals surface area contributed by atoms with E-state index in [-0.39, 0.29) is 21.7 Å². The number of hydrogen-bond acceptors (Lipinski definition) is 11. The molecule has 2 unspecified atom stereocenters. The van der Waals surface area contributed by atoms with Crippen molar-refractivity contribution in [3.63, 3.8) is 0 Å². The first kappa shape index (κ1) is 27.1. The van der Waals surface area contributed by atoms with Crippen LogP contribution in [0, 0.1) is 16.7 Å². The van der Waals surface area contributed by atoms with Gasteiger partial charge in [-0.15, -0.1) is 0 Å². The molecule has 4 N–H and O–H groups in total. The summed E-state index contributed by atoms with van der Waals surface area (Å²) in [7, 11) is -4.57. The number of aliphatic hydroxyl groups is 2. The molecule has 0 aromatic carbocycles. The van der Waals surface area contributed by atoms with Crippen molar-refractivity contribution in [2.75, 3.05) is 17.7 Å². The van der Waals surface area contributed by atoms with Crippen molar-refractivity contribution < 1.29 is 37.5 Å². The van der Waals surface area contributed by atoms with Crippen molar-refractivity contribution >= 4 is 44.7 Å². The molecule has 2 aromatic rings. The lowest BCUT2D eigenvalue weighted by Crippen LogP contribution is -2.61. The van der Waals surface area contributed by atoms with E-state index in [4.69, 9.17) is 25.6 Å². The molecule has 8 atom stereocenters. The van der Waals surface area contributed by atoms with Crippen molar-refractivity contribution in [3.8, 4) is 0 Å². The van der Waals surface area contributed by atoms with Crippen molar-refractivity contribution in [1.29, 1.82) is 0 Å². The first-order chi connectivity index (χ1) is 18.2. The SMILES string of the molecule is C[C@]12CC3CC(Nc4nc(Cl)nc5c4ncn5[C@@H]4O[C@H](COC(=O)CS(=O)(=O)O)[C@H](O)[C@@H]4O)(C1)C[C@@](C)(C3)C2. The van der Waals surface area contributed by atoms with Gasteiger partial charge in [0.05, 0.1) is 6.33 Å². The molecule has 4 bridgehead atoms. The molecule has 4 saturated carbocycles. The summed E-state index contributed by atoms with van der Waals surface area (Å²) in [6.07, 6.45) is 3.01. The van der Waals surface area contributed by atoms with Crippen LogP contribution in [0.15, 0.2) is 6.33 Å². The number of fused-ring (bicyclic) bond motifs is 1. The van der Waals surface area contributed by atoms with Gasteiger partial charge in [-0.2, -0.15) is 18.4 Å².